The third kappa shape index (κ3) is 3.95. The predicted molar refractivity (Wildman–Crippen MR) is 134 cm³/mol. The maximum Gasteiger partial charge on any atom is 0.312 e. The molecule has 1 N–H and O–H groups in total. The summed E-state index contributed by atoms with van der Waals surface area (Å²) in [6.45, 7) is 9.97. The average molecular weight is 499 g/mol. The Bertz CT molecular complexity index is 995. The molecule has 3 saturated heterocycles. The number of likely N-dealkylation sites (tertiary alicyclic amines) is 1. The molecule has 3 aliphatic heterocycles. The second kappa shape index (κ2) is 10.3. The van der Waals surface area contributed by atoms with Crippen LogP contribution in [0.3, 0.4) is 0 Å². The number of aliphatic hydroxyl groups excluding tert-OH is 1. The first-order chi connectivity index (χ1) is 17.3. The normalized spacial score (nSPS) is 31.3. The van der Waals surface area contributed by atoms with Gasteiger partial charge in [-0.1, -0.05) is 50.3 Å². The summed E-state index contributed by atoms with van der Waals surface area (Å²) in [4.78, 5) is 44.9. The summed E-state index contributed by atoms with van der Waals surface area (Å²) in [5, 5.41) is 10.2. The number of carbonyl (C=O) groups is 3. The number of fused-ring (bicyclic) bond motifs is 1. The Morgan fingerprint density at radius 2 is 2.00 bits per heavy atom. The van der Waals surface area contributed by atoms with Crippen LogP contribution in [0.5, 0.6) is 0 Å². The minimum absolute atomic E-state index is 0.202. The molecule has 3 fully saturated rings. The Morgan fingerprint density at radius 1 is 1.28 bits per heavy atom. The summed E-state index contributed by atoms with van der Waals surface area (Å²) < 4.78 is 12.2. The van der Waals surface area contributed by atoms with Gasteiger partial charge in [-0.3, -0.25) is 14.4 Å². The van der Waals surface area contributed by atoms with Gasteiger partial charge in [0.25, 0.3) is 0 Å². The molecule has 2 bridgehead atoms. The molecule has 2 amide bonds. The number of esters is 1. The van der Waals surface area contributed by atoms with Crippen LogP contribution in [-0.4, -0.2) is 75.7 Å². The van der Waals surface area contributed by atoms with E-state index < -0.39 is 41.1 Å². The maximum absolute atomic E-state index is 14.4. The summed E-state index contributed by atoms with van der Waals surface area (Å²) in [5.74, 6) is -2.60. The predicted octanol–water partition coefficient (Wildman–Crippen LogP) is 2.69. The molecule has 3 aliphatic rings. The quantitative estimate of drug-likeness (QED) is 0.372. The van der Waals surface area contributed by atoms with Gasteiger partial charge in [0.05, 0.1) is 30.8 Å². The number of amides is 2. The summed E-state index contributed by atoms with van der Waals surface area (Å²) in [6.07, 6.45) is 3.75. The molecule has 1 aromatic carbocycles. The number of aliphatic hydroxyl groups is 1. The van der Waals surface area contributed by atoms with E-state index in [0.717, 1.165) is 5.56 Å². The van der Waals surface area contributed by atoms with Crippen LogP contribution in [0.4, 0.5) is 0 Å². The van der Waals surface area contributed by atoms with Crippen molar-refractivity contribution in [1.29, 1.82) is 0 Å². The van der Waals surface area contributed by atoms with Crippen molar-refractivity contribution >= 4 is 17.8 Å². The molecule has 6 atom stereocenters. The topological polar surface area (TPSA) is 96.4 Å². The van der Waals surface area contributed by atoms with Crippen LogP contribution in [0.2, 0.25) is 0 Å². The molecule has 2 unspecified atom stereocenters. The summed E-state index contributed by atoms with van der Waals surface area (Å²) in [6, 6.07) is 8.15. The average Bonchev–Trinajstić information content (AvgIpc) is 3.49. The first-order valence-electron chi connectivity index (χ1n) is 13.1. The van der Waals surface area contributed by atoms with Crippen molar-refractivity contribution in [2.24, 2.45) is 11.8 Å². The van der Waals surface area contributed by atoms with Gasteiger partial charge in [-0.2, -0.15) is 0 Å². The highest BCUT2D eigenvalue weighted by Gasteiger charge is 2.79. The number of hydrogen-bond donors (Lipinski definition) is 1. The van der Waals surface area contributed by atoms with E-state index in [2.05, 4.69) is 6.58 Å². The van der Waals surface area contributed by atoms with Gasteiger partial charge in [0.1, 0.15) is 17.6 Å². The largest absolute Gasteiger partial charge is 0.466 e. The molecule has 8 heteroatoms. The zero-order valence-electron chi connectivity index (χ0n) is 21.5. The SMILES string of the molecule is C=CCN(Cc1ccccc1)C(=O)C1N([C@@H](CC)CO)C(=O)[C@@H]2[C@@H](C(=O)OCC)[C@@]3(CC)CCC12O3. The second-order valence-corrected chi connectivity index (χ2v) is 10.1. The number of benzene rings is 1. The van der Waals surface area contributed by atoms with Crippen LogP contribution >= 0.6 is 0 Å². The molecule has 0 aliphatic carbocycles. The van der Waals surface area contributed by atoms with Crippen LogP contribution in [0.1, 0.15) is 52.0 Å². The van der Waals surface area contributed by atoms with E-state index in [4.69, 9.17) is 9.47 Å². The smallest absolute Gasteiger partial charge is 0.312 e. The van der Waals surface area contributed by atoms with Crippen molar-refractivity contribution in [2.75, 3.05) is 19.8 Å². The van der Waals surface area contributed by atoms with Crippen molar-refractivity contribution < 1.29 is 29.0 Å². The molecule has 196 valence electrons. The Hall–Kier alpha value is -2.71. The van der Waals surface area contributed by atoms with Crippen LogP contribution < -0.4 is 0 Å². The van der Waals surface area contributed by atoms with Gasteiger partial charge in [0.15, 0.2) is 0 Å². The first kappa shape index (κ1) is 26.4. The van der Waals surface area contributed by atoms with Crippen LogP contribution in [0.25, 0.3) is 0 Å². The number of nitrogens with zero attached hydrogens (tertiary/aromatic N) is 2. The van der Waals surface area contributed by atoms with Crippen LogP contribution in [0.15, 0.2) is 43.0 Å². The van der Waals surface area contributed by atoms with Crippen LogP contribution in [-0.2, 0) is 30.4 Å². The molecule has 0 aromatic heterocycles. The number of rotatable bonds is 11. The van der Waals surface area contributed by atoms with Gasteiger partial charge in [-0.25, -0.2) is 0 Å². The highest BCUT2D eigenvalue weighted by atomic mass is 16.6. The monoisotopic (exact) mass is 498 g/mol. The lowest BCUT2D eigenvalue weighted by Crippen LogP contribution is -2.58. The Morgan fingerprint density at radius 3 is 2.58 bits per heavy atom. The molecule has 36 heavy (non-hydrogen) atoms. The molecule has 0 radical (unpaired) electrons. The third-order valence-electron chi connectivity index (χ3n) is 8.35. The van der Waals surface area contributed by atoms with Gasteiger partial charge in [-0.05, 0) is 38.2 Å². The zero-order chi connectivity index (χ0) is 26.1. The van der Waals surface area contributed by atoms with Gasteiger partial charge in [0.2, 0.25) is 11.8 Å². The molecule has 4 rings (SSSR count). The van der Waals surface area contributed by atoms with Gasteiger partial charge >= 0.3 is 5.97 Å². The molecule has 1 aromatic rings. The van der Waals surface area contributed by atoms with Crippen LogP contribution in [0, 0.1) is 11.8 Å². The van der Waals surface area contributed by atoms with Gasteiger partial charge in [0, 0.05) is 13.1 Å². The fraction of sp³-hybridized carbons (Fsp3) is 0.607. The summed E-state index contributed by atoms with van der Waals surface area (Å²) in [5.41, 5.74) is -1.01. The van der Waals surface area contributed by atoms with Crippen molar-refractivity contribution in [3.05, 3.63) is 48.6 Å². The summed E-state index contributed by atoms with van der Waals surface area (Å²) >= 11 is 0. The maximum atomic E-state index is 14.4. The van der Waals surface area contributed by atoms with Crippen molar-refractivity contribution in [3.63, 3.8) is 0 Å². The van der Waals surface area contributed by atoms with E-state index in [1.165, 1.54) is 4.90 Å². The van der Waals surface area contributed by atoms with Gasteiger partial charge in [-0.15, -0.1) is 6.58 Å². The highest BCUT2D eigenvalue weighted by Crippen LogP contribution is 2.64. The minimum atomic E-state index is -1.14. The third-order valence-corrected chi connectivity index (χ3v) is 8.35. The van der Waals surface area contributed by atoms with E-state index in [0.29, 0.717) is 38.8 Å². The molecule has 1 spiro atoms. The Balaban J connectivity index is 1.80. The number of hydrogen-bond acceptors (Lipinski definition) is 6. The number of ether oxygens (including phenoxy) is 2. The van der Waals surface area contributed by atoms with Crippen molar-refractivity contribution in [3.8, 4) is 0 Å². The number of carbonyl (C=O) groups excluding carboxylic acids is 3. The standard InChI is InChI=1S/C28H38N2O6/c1-5-16-29(17-19-12-10-9-11-13-19)25(33)23-28-15-14-27(7-3,36-28)22(26(34)35-8-4)21(28)24(32)30(23)20(6-2)18-31/h5,9-13,20-23,31H,1,6-8,14-18H2,2-4H3/t20-,21-,22-,23?,27+,28?/m0/s1. The zero-order valence-corrected chi connectivity index (χ0v) is 21.5. The Labute approximate surface area is 213 Å². The van der Waals surface area contributed by atoms with E-state index in [1.807, 2.05) is 44.2 Å². The van der Waals surface area contributed by atoms with E-state index in [-0.39, 0.29) is 25.0 Å². The lowest BCUT2D eigenvalue weighted by molar-refractivity contribution is -0.163. The molecule has 0 saturated carbocycles. The molecule has 8 nitrogen and oxygen atoms in total. The lowest BCUT2D eigenvalue weighted by atomic mass is 9.65. The van der Waals surface area contributed by atoms with Gasteiger partial charge < -0.3 is 24.4 Å². The van der Waals surface area contributed by atoms with E-state index in [1.54, 1.807) is 17.9 Å². The second-order valence-electron chi connectivity index (χ2n) is 10.1. The highest BCUT2D eigenvalue weighted by molar-refractivity contribution is 5.98. The molecular weight excluding hydrogens is 460 g/mol. The lowest BCUT2D eigenvalue weighted by Gasteiger charge is -2.39. The Kier molecular flexibility index (Phi) is 7.57. The van der Waals surface area contributed by atoms with Crippen molar-refractivity contribution in [1.82, 2.24) is 9.80 Å². The summed E-state index contributed by atoms with van der Waals surface area (Å²) in [7, 11) is 0. The fourth-order valence-corrected chi connectivity index (χ4v) is 6.70. The van der Waals surface area contributed by atoms with Crippen molar-refractivity contribution in [2.45, 2.75) is 76.3 Å². The fourth-order valence-electron chi connectivity index (χ4n) is 6.70. The first-order valence-corrected chi connectivity index (χ1v) is 13.1. The van der Waals surface area contributed by atoms with E-state index >= 15 is 0 Å². The molecule has 3 heterocycles. The van der Waals surface area contributed by atoms with E-state index in [9.17, 15) is 19.5 Å². The molecular formula is C28H38N2O6. The minimum Gasteiger partial charge on any atom is -0.466 e.